The van der Waals surface area contributed by atoms with Crippen LogP contribution in [0, 0.1) is 27.9 Å². The zero-order chi connectivity index (χ0) is 20.3. The highest BCUT2D eigenvalue weighted by atomic mass is 16.6. The molecule has 0 spiro atoms. The number of fused-ring (bicyclic) bond motifs is 1. The van der Waals surface area contributed by atoms with Crippen LogP contribution in [0.15, 0.2) is 30.6 Å². The molecular weight excluding hydrogens is 378 g/mol. The monoisotopic (exact) mass is 405 g/mol. The summed E-state index contributed by atoms with van der Waals surface area (Å²) < 4.78 is 0. The third-order valence-corrected chi connectivity index (χ3v) is 7.84. The molecule has 0 amide bonds. The molecule has 1 aliphatic heterocycles. The molecule has 4 aliphatic carbocycles. The van der Waals surface area contributed by atoms with Gasteiger partial charge in [-0.05, 0) is 73.8 Å². The predicted octanol–water partition coefficient (Wildman–Crippen LogP) is 4.33. The molecule has 0 atom stereocenters. The van der Waals surface area contributed by atoms with E-state index in [0.717, 1.165) is 50.0 Å². The lowest BCUT2D eigenvalue weighted by Crippen LogP contribution is -2.55. The number of hydrogen-bond acceptors (Lipinski definition) is 6. The summed E-state index contributed by atoms with van der Waals surface area (Å²) in [5, 5.41) is 15.8. The summed E-state index contributed by atoms with van der Waals surface area (Å²) in [6.07, 6.45) is 9.73. The number of nitro groups is 1. The van der Waals surface area contributed by atoms with Crippen molar-refractivity contribution >= 4 is 17.3 Å². The minimum Gasteiger partial charge on any atom is -0.359 e. The van der Waals surface area contributed by atoms with E-state index in [1.54, 1.807) is 0 Å². The van der Waals surface area contributed by atoms with Crippen LogP contribution in [0.3, 0.4) is 0 Å². The van der Waals surface area contributed by atoms with Crippen LogP contribution in [0.4, 0.5) is 17.3 Å². The van der Waals surface area contributed by atoms with Crippen molar-refractivity contribution in [3.63, 3.8) is 0 Å². The van der Waals surface area contributed by atoms with Gasteiger partial charge in [-0.3, -0.25) is 10.1 Å². The van der Waals surface area contributed by atoms with Crippen LogP contribution in [0.5, 0.6) is 0 Å². The van der Waals surface area contributed by atoms with Gasteiger partial charge in [-0.2, -0.15) is 0 Å². The SMILES string of the molecule is O=[N+]([O-])c1c(NC23CC4CC(CC(C4)C2)C3)ncnc1N1CCc2ccccc2C1. The first-order chi connectivity index (χ1) is 14.6. The molecule has 0 saturated heterocycles. The summed E-state index contributed by atoms with van der Waals surface area (Å²) in [5.74, 6) is 3.15. The molecule has 1 N–H and O–H groups in total. The van der Waals surface area contributed by atoms with E-state index in [1.165, 1.54) is 36.7 Å². The van der Waals surface area contributed by atoms with Gasteiger partial charge in [0.1, 0.15) is 6.33 Å². The van der Waals surface area contributed by atoms with Gasteiger partial charge in [0.25, 0.3) is 0 Å². The number of rotatable bonds is 4. The van der Waals surface area contributed by atoms with Crippen LogP contribution in [-0.2, 0) is 13.0 Å². The van der Waals surface area contributed by atoms with Gasteiger partial charge in [0.15, 0.2) is 0 Å². The molecule has 7 heteroatoms. The molecule has 7 rings (SSSR count). The highest BCUT2D eigenvalue weighted by Crippen LogP contribution is 2.57. The zero-order valence-corrected chi connectivity index (χ0v) is 17.1. The fraction of sp³-hybridized carbons (Fsp3) is 0.565. The summed E-state index contributed by atoms with van der Waals surface area (Å²) in [5.41, 5.74) is 2.54. The van der Waals surface area contributed by atoms with Gasteiger partial charge in [0, 0.05) is 18.6 Å². The number of anilines is 2. The van der Waals surface area contributed by atoms with Gasteiger partial charge in [0.05, 0.1) is 4.92 Å². The van der Waals surface area contributed by atoms with Gasteiger partial charge in [-0.1, -0.05) is 24.3 Å². The number of hydrogen-bond donors (Lipinski definition) is 1. The Morgan fingerprint density at radius 2 is 1.70 bits per heavy atom. The van der Waals surface area contributed by atoms with Crippen LogP contribution >= 0.6 is 0 Å². The van der Waals surface area contributed by atoms with E-state index in [2.05, 4.69) is 33.5 Å². The Morgan fingerprint density at radius 3 is 2.37 bits per heavy atom. The Kier molecular flexibility index (Phi) is 4.01. The number of nitrogens with one attached hydrogen (secondary N) is 1. The highest BCUT2D eigenvalue weighted by molar-refractivity contribution is 5.71. The van der Waals surface area contributed by atoms with E-state index >= 15 is 0 Å². The highest BCUT2D eigenvalue weighted by Gasteiger charge is 2.51. The van der Waals surface area contributed by atoms with E-state index in [1.807, 2.05) is 11.0 Å². The van der Waals surface area contributed by atoms with Crippen molar-refractivity contribution < 1.29 is 4.92 Å². The summed E-state index contributed by atoms with van der Waals surface area (Å²) in [4.78, 5) is 22.7. The van der Waals surface area contributed by atoms with Crippen molar-refractivity contribution in [2.24, 2.45) is 17.8 Å². The van der Waals surface area contributed by atoms with Crippen molar-refractivity contribution in [1.82, 2.24) is 9.97 Å². The maximum absolute atomic E-state index is 12.2. The van der Waals surface area contributed by atoms with Crippen molar-refractivity contribution in [3.8, 4) is 0 Å². The summed E-state index contributed by atoms with van der Waals surface area (Å²) >= 11 is 0. The molecule has 2 heterocycles. The Morgan fingerprint density at radius 1 is 1.03 bits per heavy atom. The van der Waals surface area contributed by atoms with E-state index in [9.17, 15) is 10.1 Å². The zero-order valence-electron chi connectivity index (χ0n) is 17.1. The molecule has 30 heavy (non-hydrogen) atoms. The largest absolute Gasteiger partial charge is 0.359 e. The first kappa shape index (κ1) is 18.1. The van der Waals surface area contributed by atoms with Crippen molar-refractivity contribution in [2.75, 3.05) is 16.8 Å². The predicted molar refractivity (Wildman–Crippen MR) is 114 cm³/mol. The Balaban J connectivity index is 1.34. The van der Waals surface area contributed by atoms with E-state index in [0.29, 0.717) is 18.2 Å². The lowest BCUT2D eigenvalue weighted by atomic mass is 9.53. The van der Waals surface area contributed by atoms with Crippen LogP contribution in [0.1, 0.15) is 49.7 Å². The standard InChI is InChI=1S/C23H27N5O2/c29-28(30)20-21(26-23-10-15-7-16(11-23)9-17(8-15)12-23)24-14-25-22(20)27-6-5-18-3-1-2-4-19(18)13-27/h1-4,14-17H,5-13H2,(H,24,25,26). The van der Waals surface area contributed by atoms with Crippen LogP contribution in [0.2, 0.25) is 0 Å². The lowest BCUT2D eigenvalue weighted by Gasteiger charge is -2.57. The molecule has 5 aliphatic rings. The molecule has 4 fully saturated rings. The molecule has 0 unspecified atom stereocenters. The van der Waals surface area contributed by atoms with Crippen molar-refractivity contribution in [2.45, 2.75) is 57.0 Å². The van der Waals surface area contributed by atoms with Gasteiger partial charge in [0.2, 0.25) is 11.6 Å². The molecule has 0 radical (unpaired) electrons. The van der Waals surface area contributed by atoms with Crippen LogP contribution < -0.4 is 10.2 Å². The Labute approximate surface area is 176 Å². The summed E-state index contributed by atoms with van der Waals surface area (Å²) in [6, 6.07) is 8.32. The minimum absolute atomic E-state index is 0.0281. The molecule has 4 saturated carbocycles. The first-order valence-corrected chi connectivity index (χ1v) is 11.2. The topological polar surface area (TPSA) is 84.2 Å². The average molecular weight is 406 g/mol. The Hall–Kier alpha value is -2.70. The maximum Gasteiger partial charge on any atom is 0.353 e. The third kappa shape index (κ3) is 2.94. The first-order valence-electron chi connectivity index (χ1n) is 11.2. The summed E-state index contributed by atoms with van der Waals surface area (Å²) in [6.45, 7) is 1.37. The van der Waals surface area contributed by atoms with Crippen LogP contribution in [0.25, 0.3) is 0 Å². The van der Waals surface area contributed by atoms with Crippen LogP contribution in [-0.4, -0.2) is 27.0 Å². The number of aromatic nitrogens is 2. The molecule has 7 nitrogen and oxygen atoms in total. The second-order valence-corrected chi connectivity index (χ2v) is 9.91. The van der Waals surface area contributed by atoms with Gasteiger partial charge >= 0.3 is 5.69 Å². The van der Waals surface area contributed by atoms with Crippen molar-refractivity contribution in [3.05, 3.63) is 51.8 Å². The molecule has 2 aromatic rings. The molecule has 1 aromatic heterocycles. The fourth-order valence-corrected chi connectivity index (χ4v) is 7.05. The number of benzene rings is 1. The molecule has 4 bridgehead atoms. The Bertz CT molecular complexity index is 972. The van der Waals surface area contributed by atoms with Gasteiger partial charge < -0.3 is 10.2 Å². The average Bonchev–Trinajstić information content (AvgIpc) is 2.71. The maximum atomic E-state index is 12.2. The molecule has 1 aromatic carbocycles. The van der Waals surface area contributed by atoms with Crippen molar-refractivity contribution in [1.29, 1.82) is 0 Å². The van der Waals surface area contributed by atoms with E-state index < -0.39 is 0 Å². The summed E-state index contributed by atoms with van der Waals surface area (Å²) in [7, 11) is 0. The fourth-order valence-electron chi connectivity index (χ4n) is 7.05. The second kappa shape index (κ2) is 6.65. The number of nitrogens with zero attached hydrogens (tertiary/aromatic N) is 4. The second-order valence-electron chi connectivity index (χ2n) is 9.91. The van der Waals surface area contributed by atoms with Gasteiger partial charge in [-0.25, -0.2) is 9.97 Å². The smallest absolute Gasteiger partial charge is 0.353 e. The normalized spacial score (nSPS) is 31.5. The lowest BCUT2D eigenvalue weighted by molar-refractivity contribution is -0.383. The third-order valence-electron chi connectivity index (χ3n) is 7.84. The van der Waals surface area contributed by atoms with E-state index in [-0.39, 0.29) is 16.1 Å². The molecular formula is C23H27N5O2. The quantitative estimate of drug-likeness (QED) is 0.602. The van der Waals surface area contributed by atoms with E-state index in [4.69, 9.17) is 0 Å². The minimum atomic E-state index is -0.293. The van der Waals surface area contributed by atoms with Gasteiger partial charge in [-0.15, -0.1) is 0 Å². The molecule has 156 valence electrons.